The molecule has 2 aromatic carbocycles. The summed E-state index contributed by atoms with van der Waals surface area (Å²) in [5, 5.41) is 10.5. The lowest BCUT2D eigenvalue weighted by atomic mass is 10.1. The zero-order valence-electron chi connectivity index (χ0n) is 12.0. The molecule has 1 aromatic heterocycles. The van der Waals surface area contributed by atoms with Crippen LogP contribution in [-0.2, 0) is 6.54 Å². The van der Waals surface area contributed by atoms with Crippen LogP contribution in [0, 0.1) is 0 Å². The van der Waals surface area contributed by atoms with Crippen molar-refractivity contribution in [1.29, 1.82) is 0 Å². The number of aromatic nitrogens is 2. The molecule has 0 amide bonds. The van der Waals surface area contributed by atoms with Crippen molar-refractivity contribution in [3.8, 4) is 11.5 Å². The molecule has 3 aromatic rings. The standard InChI is InChI=1S/C17H16N2O3/c20-15(10-19-11-18-13-3-1-2-4-14(13)19)12-5-6-16-17(9-12)22-8-7-21-16/h1-6,9,11,15,20H,7-8,10H2. The first-order valence-corrected chi connectivity index (χ1v) is 7.29. The molecule has 1 aliphatic rings. The van der Waals surface area contributed by atoms with Crippen LogP contribution in [0.25, 0.3) is 11.0 Å². The molecule has 2 heterocycles. The number of aliphatic hydroxyl groups excluding tert-OH is 1. The van der Waals surface area contributed by atoms with Crippen molar-refractivity contribution in [2.75, 3.05) is 13.2 Å². The molecule has 0 aliphatic carbocycles. The third-order valence-electron chi connectivity index (χ3n) is 3.85. The second kappa shape index (κ2) is 5.35. The van der Waals surface area contributed by atoms with Crippen LogP contribution in [0.15, 0.2) is 48.8 Å². The number of fused-ring (bicyclic) bond motifs is 2. The number of hydrogen-bond donors (Lipinski definition) is 1. The minimum absolute atomic E-state index is 0.445. The highest BCUT2D eigenvalue weighted by Gasteiger charge is 2.16. The summed E-state index contributed by atoms with van der Waals surface area (Å²) in [6, 6.07) is 13.4. The Bertz CT molecular complexity index is 813. The zero-order chi connectivity index (χ0) is 14.9. The van der Waals surface area contributed by atoms with Gasteiger partial charge in [-0.25, -0.2) is 4.98 Å². The normalized spacial score (nSPS) is 15.0. The molecule has 1 N–H and O–H groups in total. The summed E-state index contributed by atoms with van der Waals surface area (Å²) in [5.74, 6) is 1.42. The van der Waals surface area contributed by atoms with Crippen molar-refractivity contribution in [2.45, 2.75) is 12.6 Å². The summed E-state index contributed by atoms with van der Waals surface area (Å²) in [5.41, 5.74) is 2.75. The molecule has 0 fully saturated rings. The average molecular weight is 296 g/mol. The van der Waals surface area contributed by atoms with Crippen molar-refractivity contribution in [3.63, 3.8) is 0 Å². The zero-order valence-corrected chi connectivity index (χ0v) is 12.0. The number of benzene rings is 2. The van der Waals surface area contributed by atoms with E-state index in [9.17, 15) is 5.11 Å². The van der Waals surface area contributed by atoms with E-state index in [-0.39, 0.29) is 0 Å². The van der Waals surface area contributed by atoms with Gasteiger partial charge in [-0.3, -0.25) is 0 Å². The summed E-state index contributed by atoms with van der Waals surface area (Å²) in [6.45, 7) is 1.55. The van der Waals surface area contributed by atoms with E-state index < -0.39 is 6.10 Å². The maximum atomic E-state index is 10.5. The van der Waals surface area contributed by atoms with Gasteiger partial charge in [0.15, 0.2) is 11.5 Å². The van der Waals surface area contributed by atoms with E-state index in [0.717, 1.165) is 22.3 Å². The Morgan fingerprint density at radius 3 is 2.82 bits per heavy atom. The lowest BCUT2D eigenvalue weighted by Crippen LogP contribution is -2.16. The van der Waals surface area contributed by atoms with Crippen LogP contribution in [0.4, 0.5) is 0 Å². The number of hydrogen-bond acceptors (Lipinski definition) is 4. The monoisotopic (exact) mass is 296 g/mol. The van der Waals surface area contributed by atoms with E-state index in [1.807, 2.05) is 47.0 Å². The first-order valence-electron chi connectivity index (χ1n) is 7.29. The van der Waals surface area contributed by atoms with E-state index in [1.165, 1.54) is 0 Å². The summed E-state index contributed by atoms with van der Waals surface area (Å²) in [4.78, 5) is 4.34. The summed E-state index contributed by atoms with van der Waals surface area (Å²) in [6.07, 6.45) is 1.12. The molecule has 22 heavy (non-hydrogen) atoms. The van der Waals surface area contributed by atoms with Gasteiger partial charge < -0.3 is 19.1 Å². The van der Waals surface area contributed by atoms with Gasteiger partial charge in [-0.1, -0.05) is 18.2 Å². The molecule has 0 bridgehead atoms. The minimum Gasteiger partial charge on any atom is -0.486 e. The number of aliphatic hydroxyl groups is 1. The van der Waals surface area contributed by atoms with Crippen molar-refractivity contribution < 1.29 is 14.6 Å². The van der Waals surface area contributed by atoms with Crippen LogP contribution in [0.5, 0.6) is 11.5 Å². The molecule has 1 atom stereocenters. The minimum atomic E-state index is -0.631. The van der Waals surface area contributed by atoms with E-state index in [2.05, 4.69) is 4.98 Å². The lowest BCUT2D eigenvalue weighted by Gasteiger charge is -2.20. The first kappa shape index (κ1) is 13.2. The van der Waals surface area contributed by atoms with Crippen LogP contribution in [0.3, 0.4) is 0 Å². The first-order chi connectivity index (χ1) is 10.8. The molecule has 5 heteroatoms. The molecule has 0 radical (unpaired) electrons. The Morgan fingerprint density at radius 2 is 1.91 bits per heavy atom. The molecular formula is C17H16N2O3. The topological polar surface area (TPSA) is 56.5 Å². The molecule has 112 valence electrons. The Morgan fingerprint density at radius 1 is 1.09 bits per heavy atom. The van der Waals surface area contributed by atoms with Crippen LogP contribution >= 0.6 is 0 Å². The fraction of sp³-hybridized carbons (Fsp3) is 0.235. The predicted octanol–water partition coefficient (Wildman–Crippen LogP) is 2.54. The fourth-order valence-corrected chi connectivity index (χ4v) is 2.71. The predicted molar refractivity (Wildman–Crippen MR) is 82.1 cm³/mol. The van der Waals surface area contributed by atoms with E-state index in [0.29, 0.717) is 25.5 Å². The number of ether oxygens (including phenoxy) is 2. The third-order valence-corrected chi connectivity index (χ3v) is 3.85. The van der Waals surface area contributed by atoms with Gasteiger partial charge in [0.1, 0.15) is 13.2 Å². The number of rotatable bonds is 3. The van der Waals surface area contributed by atoms with Crippen molar-refractivity contribution in [3.05, 3.63) is 54.4 Å². The maximum absolute atomic E-state index is 10.5. The van der Waals surface area contributed by atoms with Gasteiger partial charge in [0.2, 0.25) is 0 Å². The quantitative estimate of drug-likeness (QED) is 0.807. The Hall–Kier alpha value is -2.53. The number of nitrogens with zero attached hydrogens (tertiary/aromatic N) is 2. The van der Waals surface area contributed by atoms with Gasteiger partial charge >= 0.3 is 0 Å². The average Bonchev–Trinajstić information content (AvgIpc) is 2.97. The van der Waals surface area contributed by atoms with Gasteiger partial charge in [-0.05, 0) is 29.8 Å². The lowest BCUT2D eigenvalue weighted by molar-refractivity contribution is 0.153. The van der Waals surface area contributed by atoms with Gasteiger partial charge in [-0.15, -0.1) is 0 Å². The molecule has 0 saturated carbocycles. The van der Waals surface area contributed by atoms with Gasteiger partial charge in [0.05, 0.1) is 30.0 Å². The van der Waals surface area contributed by atoms with Crippen LogP contribution in [0.1, 0.15) is 11.7 Å². The highest BCUT2D eigenvalue weighted by atomic mass is 16.6. The van der Waals surface area contributed by atoms with Crippen LogP contribution < -0.4 is 9.47 Å². The van der Waals surface area contributed by atoms with Crippen molar-refractivity contribution in [1.82, 2.24) is 9.55 Å². The molecule has 4 rings (SSSR count). The molecule has 5 nitrogen and oxygen atoms in total. The molecule has 0 spiro atoms. The molecule has 0 saturated heterocycles. The highest BCUT2D eigenvalue weighted by Crippen LogP contribution is 2.33. The van der Waals surface area contributed by atoms with Gasteiger partial charge in [0.25, 0.3) is 0 Å². The fourth-order valence-electron chi connectivity index (χ4n) is 2.71. The van der Waals surface area contributed by atoms with E-state index in [1.54, 1.807) is 6.33 Å². The van der Waals surface area contributed by atoms with Crippen molar-refractivity contribution in [2.24, 2.45) is 0 Å². The Kier molecular flexibility index (Phi) is 3.20. The Labute approximate surface area is 127 Å². The summed E-state index contributed by atoms with van der Waals surface area (Å²) >= 11 is 0. The van der Waals surface area contributed by atoms with Crippen LogP contribution in [-0.4, -0.2) is 27.9 Å². The SMILES string of the molecule is OC(Cn1cnc2ccccc21)c1ccc2c(c1)OCCO2. The summed E-state index contributed by atoms with van der Waals surface area (Å²) < 4.78 is 13.0. The second-order valence-electron chi connectivity index (χ2n) is 5.30. The highest BCUT2D eigenvalue weighted by molar-refractivity contribution is 5.74. The number of imidazole rings is 1. The third kappa shape index (κ3) is 2.29. The molecule has 1 unspecified atom stereocenters. The largest absolute Gasteiger partial charge is 0.486 e. The van der Waals surface area contributed by atoms with Gasteiger partial charge in [0, 0.05) is 0 Å². The van der Waals surface area contributed by atoms with E-state index in [4.69, 9.17) is 9.47 Å². The maximum Gasteiger partial charge on any atom is 0.161 e. The van der Waals surface area contributed by atoms with Crippen LogP contribution in [0.2, 0.25) is 0 Å². The molecule has 1 aliphatic heterocycles. The van der Waals surface area contributed by atoms with E-state index >= 15 is 0 Å². The number of para-hydroxylation sites is 2. The molecular weight excluding hydrogens is 280 g/mol. The van der Waals surface area contributed by atoms with Crippen molar-refractivity contribution >= 4 is 11.0 Å². The second-order valence-corrected chi connectivity index (χ2v) is 5.30. The Balaban J connectivity index is 1.60. The summed E-state index contributed by atoms with van der Waals surface area (Å²) in [7, 11) is 0. The van der Waals surface area contributed by atoms with Gasteiger partial charge in [-0.2, -0.15) is 0 Å². The smallest absolute Gasteiger partial charge is 0.161 e.